The molecule has 2 aromatic carbocycles. The van der Waals surface area contributed by atoms with Gasteiger partial charge < -0.3 is 10.2 Å². The second kappa shape index (κ2) is 8.45. The van der Waals surface area contributed by atoms with E-state index in [9.17, 15) is 4.79 Å². The summed E-state index contributed by atoms with van der Waals surface area (Å²) >= 11 is 1.51. The number of fused-ring (bicyclic) bond motifs is 2. The third kappa shape index (κ3) is 4.08. The maximum absolute atomic E-state index is 13.0. The first kappa shape index (κ1) is 20.2. The van der Waals surface area contributed by atoms with Gasteiger partial charge in [-0.25, -0.2) is 15.0 Å². The summed E-state index contributed by atoms with van der Waals surface area (Å²) < 4.78 is 0. The summed E-state index contributed by atoms with van der Waals surface area (Å²) in [6.45, 7) is 0.807. The molecule has 158 valence electrons. The molecule has 5 aromatic rings. The first-order valence-electron chi connectivity index (χ1n) is 10.2. The fourth-order valence-corrected chi connectivity index (χ4v) is 4.52. The van der Waals surface area contributed by atoms with Crippen LogP contribution in [0.1, 0.15) is 16.1 Å². The number of thiazole rings is 1. The van der Waals surface area contributed by atoms with Gasteiger partial charge in [-0.1, -0.05) is 47.7 Å². The Morgan fingerprint density at radius 2 is 1.78 bits per heavy atom. The number of carbonyl (C=O) groups excluding carboxylic acids is 1. The van der Waals surface area contributed by atoms with Crippen LogP contribution < -0.4 is 5.32 Å². The largest absolute Gasteiger partial charge is 0.320 e. The first-order valence-corrected chi connectivity index (χ1v) is 11.1. The van der Waals surface area contributed by atoms with Crippen molar-refractivity contribution in [2.75, 3.05) is 19.4 Å². The molecule has 6 nitrogen and oxygen atoms in total. The minimum Gasteiger partial charge on any atom is -0.320 e. The summed E-state index contributed by atoms with van der Waals surface area (Å²) in [5.74, 6) is -0.254. The zero-order valence-electron chi connectivity index (χ0n) is 17.7. The van der Waals surface area contributed by atoms with Gasteiger partial charge >= 0.3 is 0 Å². The van der Waals surface area contributed by atoms with Gasteiger partial charge in [0.05, 0.1) is 11.2 Å². The third-order valence-electron chi connectivity index (χ3n) is 5.04. The van der Waals surface area contributed by atoms with Gasteiger partial charge in [0.25, 0.3) is 5.91 Å². The van der Waals surface area contributed by atoms with Gasteiger partial charge in [-0.3, -0.25) is 4.79 Å². The highest BCUT2D eigenvalue weighted by Crippen LogP contribution is 2.34. The van der Waals surface area contributed by atoms with E-state index in [1.807, 2.05) is 74.9 Å². The van der Waals surface area contributed by atoms with Crippen LogP contribution in [0.25, 0.3) is 31.8 Å². The topological polar surface area (TPSA) is 71.0 Å². The van der Waals surface area contributed by atoms with E-state index in [1.54, 1.807) is 6.07 Å². The van der Waals surface area contributed by atoms with Crippen molar-refractivity contribution in [3.05, 3.63) is 84.2 Å². The van der Waals surface area contributed by atoms with E-state index in [0.717, 1.165) is 43.9 Å². The Bertz CT molecular complexity index is 1440. The van der Waals surface area contributed by atoms with Crippen molar-refractivity contribution in [3.63, 3.8) is 0 Å². The highest BCUT2D eigenvalue weighted by molar-refractivity contribution is 7.21. The summed E-state index contributed by atoms with van der Waals surface area (Å²) in [6, 6.07) is 21.2. The Labute approximate surface area is 189 Å². The molecular weight excluding hydrogens is 418 g/mol. The van der Waals surface area contributed by atoms with Crippen LogP contribution in [0.4, 0.5) is 5.69 Å². The average Bonchev–Trinajstić information content (AvgIpc) is 3.22. The van der Waals surface area contributed by atoms with Crippen molar-refractivity contribution in [2.45, 2.75) is 6.54 Å². The maximum Gasteiger partial charge on any atom is 0.274 e. The Morgan fingerprint density at radius 3 is 2.66 bits per heavy atom. The van der Waals surface area contributed by atoms with Gasteiger partial charge in [0.2, 0.25) is 0 Å². The molecule has 0 fully saturated rings. The Hall–Kier alpha value is -3.68. The van der Waals surface area contributed by atoms with E-state index in [2.05, 4.69) is 26.3 Å². The number of benzene rings is 2. The van der Waals surface area contributed by atoms with Crippen LogP contribution in [-0.2, 0) is 6.54 Å². The van der Waals surface area contributed by atoms with Crippen molar-refractivity contribution < 1.29 is 4.79 Å². The van der Waals surface area contributed by atoms with Crippen molar-refractivity contribution in [1.82, 2.24) is 19.9 Å². The van der Waals surface area contributed by atoms with Crippen LogP contribution >= 0.6 is 11.3 Å². The number of nitrogens with one attached hydrogen (secondary N) is 1. The summed E-state index contributed by atoms with van der Waals surface area (Å²) in [7, 11) is 4.06. The van der Waals surface area contributed by atoms with Gasteiger partial charge in [0.1, 0.15) is 21.0 Å². The molecular formula is C25H21N5OS. The van der Waals surface area contributed by atoms with E-state index < -0.39 is 0 Å². The Balaban J connectivity index is 1.46. The quantitative estimate of drug-likeness (QED) is 0.406. The molecule has 0 aliphatic rings. The predicted molar refractivity (Wildman–Crippen MR) is 130 cm³/mol. The fraction of sp³-hybridized carbons (Fsp3) is 0.120. The molecule has 3 heterocycles. The van der Waals surface area contributed by atoms with Crippen LogP contribution in [0.15, 0.2) is 72.9 Å². The van der Waals surface area contributed by atoms with Crippen LogP contribution in [-0.4, -0.2) is 39.9 Å². The summed E-state index contributed by atoms with van der Waals surface area (Å²) in [6.07, 6.45) is 1.89. The molecule has 0 atom stereocenters. The summed E-state index contributed by atoms with van der Waals surface area (Å²) in [5, 5.41) is 4.83. The van der Waals surface area contributed by atoms with E-state index in [4.69, 9.17) is 4.98 Å². The molecule has 32 heavy (non-hydrogen) atoms. The SMILES string of the molecule is CN(C)Cc1cnc2sc(-c3ccccc3NC(=O)c3ccc4ccccc4n3)nc2c1. The van der Waals surface area contributed by atoms with Crippen molar-refractivity contribution in [1.29, 1.82) is 0 Å². The molecule has 1 amide bonds. The monoisotopic (exact) mass is 439 g/mol. The van der Waals surface area contributed by atoms with Crippen LogP contribution in [0, 0.1) is 0 Å². The number of hydrogen-bond donors (Lipinski definition) is 1. The highest BCUT2D eigenvalue weighted by atomic mass is 32.1. The second-order valence-corrected chi connectivity index (χ2v) is 8.79. The summed E-state index contributed by atoms with van der Waals surface area (Å²) in [4.78, 5) is 29.8. The zero-order chi connectivity index (χ0) is 22.1. The fourth-order valence-electron chi connectivity index (χ4n) is 3.59. The molecule has 0 spiro atoms. The van der Waals surface area contributed by atoms with E-state index >= 15 is 0 Å². The van der Waals surface area contributed by atoms with Crippen molar-refractivity contribution >= 4 is 44.2 Å². The molecule has 0 saturated heterocycles. The predicted octanol–water partition coefficient (Wildman–Crippen LogP) is 5.22. The molecule has 7 heteroatoms. The van der Waals surface area contributed by atoms with Crippen LogP contribution in [0.5, 0.6) is 0 Å². The van der Waals surface area contributed by atoms with Crippen molar-refractivity contribution in [3.8, 4) is 10.6 Å². The minimum absolute atomic E-state index is 0.254. The van der Waals surface area contributed by atoms with E-state index in [-0.39, 0.29) is 5.91 Å². The van der Waals surface area contributed by atoms with Gasteiger partial charge in [-0.15, -0.1) is 0 Å². The lowest BCUT2D eigenvalue weighted by Crippen LogP contribution is -2.14. The number of hydrogen-bond acceptors (Lipinski definition) is 6. The molecule has 0 aliphatic carbocycles. The number of carbonyl (C=O) groups is 1. The van der Waals surface area contributed by atoms with E-state index in [0.29, 0.717) is 11.4 Å². The number of amides is 1. The van der Waals surface area contributed by atoms with Crippen molar-refractivity contribution in [2.24, 2.45) is 0 Å². The highest BCUT2D eigenvalue weighted by Gasteiger charge is 2.15. The first-order chi connectivity index (χ1) is 15.6. The molecule has 0 radical (unpaired) electrons. The molecule has 1 N–H and O–H groups in total. The minimum atomic E-state index is -0.254. The van der Waals surface area contributed by atoms with Crippen LogP contribution in [0.3, 0.4) is 0 Å². The van der Waals surface area contributed by atoms with Gasteiger partial charge in [-0.05, 0) is 50.0 Å². The standard InChI is InChI=1S/C25H21N5OS/c1-30(2)15-16-13-22-25(26-14-16)32-24(29-22)18-8-4-6-10-20(18)28-23(31)21-12-11-17-7-3-5-9-19(17)27-21/h3-14H,15H2,1-2H3,(H,28,31). The maximum atomic E-state index is 13.0. The Morgan fingerprint density at radius 1 is 0.969 bits per heavy atom. The second-order valence-electron chi connectivity index (χ2n) is 7.81. The average molecular weight is 440 g/mol. The normalized spacial score (nSPS) is 11.3. The lowest BCUT2D eigenvalue weighted by molar-refractivity contribution is 0.102. The lowest BCUT2D eigenvalue weighted by Gasteiger charge is -2.09. The number of rotatable bonds is 5. The lowest BCUT2D eigenvalue weighted by atomic mass is 10.1. The smallest absolute Gasteiger partial charge is 0.274 e. The molecule has 0 aliphatic heterocycles. The number of aromatic nitrogens is 3. The third-order valence-corrected chi connectivity index (χ3v) is 6.05. The van der Waals surface area contributed by atoms with Gasteiger partial charge in [0, 0.05) is 23.7 Å². The van der Waals surface area contributed by atoms with Gasteiger partial charge in [0.15, 0.2) is 0 Å². The van der Waals surface area contributed by atoms with E-state index in [1.165, 1.54) is 11.3 Å². The molecule has 0 bridgehead atoms. The molecule has 0 unspecified atom stereocenters. The summed E-state index contributed by atoms with van der Waals surface area (Å²) in [5.41, 5.74) is 4.70. The molecule has 0 saturated carbocycles. The number of nitrogens with zero attached hydrogens (tertiary/aromatic N) is 4. The molecule has 5 rings (SSSR count). The van der Waals surface area contributed by atoms with Crippen LogP contribution in [0.2, 0.25) is 0 Å². The number of para-hydroxylation sites is 2. The number of pyridine rings is 2. The zero-order valence-corrected chi connectivity index (χ0v) is 18.6. The molecule has 3 aromatic heterocycles. The Kier molecular flexibility index (Phi) is 5.34. The number of anilines is 1. The van der Waals surface area contributed by atoms with Gasteiger partial charge in [-0.2, -0.15) is 0 Å².